The molecule has 0 aliphatic rings. The predicted octanol–water partition coefficient (Wildman–Crippen LogP) is 3.22. The fraction of sp³-hybridized carbons (Fsp3) is 0.500. The number of nitriles is 1. The number of hydrogen-bond donors (Lipinski definition) is 1. The fourth-order valence-corrected chi connectivity index (χ4v) is 1.47. The van der Waals surface area contributed by atoms with Gasteiger partial charge in [-0.2, -0.15) is 5.26 Å². The van der Waals surface area contributed by atoms with Crippen molar-refractivity contribution in [1.29, 1.82) is 5.26 Å². The summed E-state index contributed by atoms with van der Waals surface area (Å²) < 4.78 is 13.4. The van der Waals surface area contributed by atoms with Crippen LogP contribution in [0.1, 0.15) is 38.3 Å². The van der Waals surface area contributed by atoms with E-state index < -0.39 is 0 Å². The predicted molar refractivity (Wildman–Crippen MR) is 66.9 cm³/mol. The van der Waals surface area contributed by atoms with Crippen molar-refractivity contribution < 1.29 is 4.39 Å². The molecule has 0 aliphatic heterocycles. The van der Waals surface area contributed by atoms with Gasteiger partial charge in [-0.05, 0) is 36.6 Å². The summed E-state index contributed by atoms with van der Waals surface area (Å²) in [5.74, 6) is -0.257. The van der Waals surface area contributed by atoms with Crippen molar-refractivity contribution in [2.45, 2.75) is 33.7 Å². The highest BCUT2D eigenvalue weighted by Gasteiger charge is 2.09. The minimum Gasteiger partial charge on any atom is -0.313 e. The number of benzene rings is 1. The van der Waals surface area contributed by atoms with Crippen LogP contribution < -0.4 is 5.32 Å². The van der Waals surface area contributed by atoms with Gasteiger partial charge < -0.3 is 5.32 Å². The molecule has 17 heavy (non-hydrogen) atoms. The van der Waals surface area contributed by atoms with E-state index in [4.69, 9.17) is 5.26 Å². The molecule has 1 N–H and O–H groups in total. The van der Waals surface area contributed by atoms with Gasteiger partial charge in [0.1, 0.15) is 5.82 Å². The molecular weight excluding hydrogens is 215 g/mol. The van der Waals surface area contributed by atoms with Crippen LogP contribution in [0.25, 0.3) is 0 Å². The topological polar surface area (TPSA) is 35.8 Å². The average molecular weight is 234 g/mol. The molecule has 0 saturated carbocycles. The zero-order chi connectivity index (χ0) is 12.9. The van der Waals surface area contributed by atoms with Crippen LogP contribution in [0.3, 0.4) is 0 Å². The third-order valence-electron chi connectivity index (χ3n) is 2.54. The van der Waals surface area contributed by atoms with E-state index in [1.807, 2.05) is 6.07 Å². The highest BCUT2D eigenvalue weighted by Crippen LogP contribution is 2.17. The molecule has 0 bridgehead atoms. The molecule has 0 spiro atoms. The van der Waals surface area contributed by atoms with Crippen molar-refractivity contribution in [3.63, 3.8) is 0 Å². The highest BCUT2D eigenvalue weighted by atomic mass is 19.1. The molecule has 0 radical (unpaired) electrons. The smallest absolute Gasteiger partial charge is 0.127 e. The van der Waals surface area contributed by atoms with Crippen LogP contribution in [-0.2, 0) is 6.54 Å². The normalized spacial score (nSPS) is 11.2. The molecule has 92 valence electrons. The van der Waals surface area contributed by atoms with Gasteiger partial charge in [-0.3, -0.25) is 0 Å². The second-order valence-electron chi connectivity index (χ2n) is 5.41. The maximum absolute atomic E-state index is 13.4. The zero-order valence-corrected chi connectivity index (χ0v) is 10.7. The molecule has 0 aliphatic carbocycles. The molecule has 0 unspecified atom stereocenters. The SMILES string of the molecule is CC(C)(C)CCNCc1cc(C#N)ccc1F. The molecule has 0 amide bonds. The van der Waals surface area contributed by atoms with Gasteiger partial charge in [0.25, 0.3) is 0 Å². The van der Waals surface area contributed by atoms with Gasteiger partial charge in [0, 0.05) is 12.1 Å². The first-order valence-electron chi connectivity index (χ1n) is 5.81. The van der Waals surface area contributed by atoms with Gasteiger partial charge >= 0.3 is 0 Å². The Morgan fingerprint density at radius 1 is 1.35 bits per heavy atom. The molecule has 1 aromatic rings. The second-order valence-corrected chi connectivity index (χ2v) is 5.41. The number of nitrogens with zero attached hydrogens (tertiary/aromatic N) is 1. The Kier molecular flexibility index (Phi) is 4.65. The summed E-state index contributed by atoms with van der Waals surface area (Å²) in [6.07, 6.45) is 1.03. The summed E-state index contributed by atoms with van der Waals surface area (Å²) in [4.78, 5) is 0. The zero-order valence-electron chi connectivity index (χ0n) is 10.7. The van der Waals surface area contributed by atoms with Crippen LogP contribution in [0.15, 0.2) is 18.2 Å². The first kappa shape index (κ1) is 13.7. The van der Waals surface area contributed by atoms with Gasteiger partial charge in [0.15, 0.2) is 0 Å². The van der Waals surface area contributed by atoms with Crippen molar-refractivity contribution in [2.24, 2.45) is 5.41 Å². The first-order chi connectivity index (χ1) is 7.92. The summed E-state index contributed by atoms with van der Waals surface area (Å²) in [7, 11) is 0. The number of rotatable bonds is 4. The Morgan fingerprint density at radius 3 is 2.65 bits per heavy atom. The Balaban J connectivity index is 2.49. The number of hydrogen-bond acceptors (Lipinski definition) is 2. The molecule has 0 fully saturated rings. The summed E-state index contributed by atoms with van der Waals surface area (Å²) in [5.41, 5.74) is 1.33. The second kappa shape index (κ2) is 5.79. The maximum atomic E-state index is 13.4. The van der Waals surface area contributed by atoms with Gasteiger partial charge in [-0.25, -0.2) is 4.39 Å². The molecule has 2 nitrogen and oxygen atoms in total. The number of halogens is 1. The summed E-state index contributed by atoms with van der Waals surface area (Å²) in [6, 6.07) is 6.45. The Labute approximate surface area is 102 Å². The Bertz CT molecular complexity index is 413. The molecule has 1 aromatic carbocycles. The quantitative estimate of drug-likeness (QED) is 0.812. The van der Waals surface area contributed by atoms with Crippen LogP contribution in [-0.4, -0.2) is 6.54 Å². The van der Waals surface area contributed by atoms with Gasteiger partial charge in [0.2, 0.25) is 0 Å². The van der Waals surface area contributed by atoms with E-state index in [1.165, 1.54) is 12.1 Å². The van der Waals surface area contributed by atoms with E-state index in [2.05, 4.69) is 26.1 Å². The monoisotopic (exact) mass is 234 g/mol. The standard InChI is InChI=1S/C14H19FN2/c1-14(2,3)6-7-17-10-12-8-11(9-16)4-5-13(12)15/h4-5,8,17H,6-7,10H2,1-3H3. The van der Waals surface area contributed by atoms with E-state index in [0.29, 0.717) is 17.7 Å². The van der Waals surface area contributed by atoms with Gasteiger partial charge in [0.05, 0.1) is 11.6 Å². The van der Waals surface area contributed by atoms with Crippen LogP contribution in [0.5, 0.6) is 0 Å². The van der Waals surface area contributed by atoms with E-state index >= 15 is 0 Å². The van der Waals surface area contributed by atoms with Gasteiger partial charge in [-0.1, -0.05) is 20.8 Å². The van der Waals surface area contributed by atoms with Gasteiger partial charge in [-0.15, -0.1) is 0 Å². The summed E-state index contributed by atoms with van der Waals surface area (Å²) in [6.45, 7) is 7.83. The van der Waals surface area contributed by atoms with Crippen LogP contribution in [0.4, 0.5) is 4.39 Å². The lowest BCUT2D eigenvalue weighted by Gasteiger charge is -2.18. The van der Waals surface area contributed by atoms with Crippen molar-refractivity contribution in [1.82, 2.24) is 5.32 Å². The molecule has 0 saturated heterocycles. The molecule has 1 rings (SSSR count). The summed E-state index contributed by atoms with van der Waals surface area (Å²) in [5, 5.41) is 11.9. The van der Waals surface area contributed by atoms with E-state index in [9.17, 15) is 4.39 Å². The van der Waals surface area contributed by atoms with E-state index in [-0.39, 0.29) is 11.2 Å². The minimum atomic E-state index is -0.257. The molecular formula is C14H19FN2. The third-order valence-corrected chi connectivity index (χ3v) is 2.54. The van der Waals surface area contributed by atoms with Crippen LogP contribution >= 0.6 is 0 Å². The Morgan fingerprint density at radius 2 is 2.06 bits per heavy atom. The third kappa shape index (κ3) is 4.97. The number of nitrogens with one attached hydrogen (secondary N) is 1. The van der Waals surface area contributed by atoms with Crippen LogP contribution in [0, 0.1) is 22.6 Å². The largest absolute Gasteiger partial charge is 0.313 e. The highest BCUT2D eigenvalue weighted by molar-refractivity contribution is 5.33. The van der Waals surface area contributed by atoms with Crippen molar-refractivity contribution in [2.75, 3.05) is 6.54 Å². The summed E-state index contributed by atoms with van der Waals surface area (Å²) >= 11 is 0. The maximum Gasteiger partial charge on any atom is 0.127 e. The molecule has 0 heterocycles. The fourth-order valence-electron chi connectivity index (χ4n) is 1.47. The molecule has 0 atom stereocenters. The minimum absolute atomic E-state index is 0.257. The van der Waals surface area contributed by atoms with E-state index in [0.717, 1.165) is 13.0 Å². The molecule has 3 heteroatoms. The lowest BCUT2D eigenvalue weighted by Crippen LogP contribution is -2.20. The first-order valence-corrected chi connectivity index (χ1v) is 5.81. The lowest BCUT2D eigenvalue weighted by atomic mass is 9.92. The van der Waals surface area contributed by atoms with Crippen molar-refractivity contribution in [3.05, 3.63) is 35.1 Å². The van der Waals surface area contributed by atoms with E-state index in [1.54, 1.807) is 6.07 Å². The lowest BCUT2D eigenvalue weighted by molar-refractivity contribution is 0.366. The Hall–Kier alpha value is -1.40. The van der Waals surface area contributed by atoms with Crippen LogP contribution in [0.2, 0.25) is 0 Å². The van der Waals surface area contributed by atoms with Crippen molar-refractivity contribution in [3.8, 4) is 6.07 Å². The average Bonchev–Trinajstić information content (AvgIpc) is 2.25. The van der Waals surface area contributed by atoms with Crippen molar-refractivity contribution >= 4 is 0 Å². The molecule has 0 aromatic heterocycles.